The van der Waals surface area contributed by atoms with E-state index < -0.39 is 10.0 Å². The summed E-state index contributed by atoms with van der Waals surface area (Å²) < 4.78 is 26.5. The van der Waals surface area contributed by atoms with Gasteiger partial charge in [0.15, 0.2) is 0 Å². The maximum absolute atomic E-state index is 12.0. The van der Waals surface area contributed by atoms with E-state index in [-0.39, 0.29) is 17.1 Å². The second-order valence-corrected chi connectivity index (χ2v) is 6.61. The van der Waals surface area contributed by atoms with Gasteiger partial charge in [-0.15, -0.1) is 11.3 Å². The highest BCUT2D eigenvalue weighted by Crippen LogP contribution is 2.16. The van der Waals surface area contributed by atoms with Crippen LogP contribution in [0.3, 0.4) is 0 Å². The highest BCUT2D eigenvalue weighted by molar-refractivity contribution is 7.89. The summed E-state index contributed by atoms with van der Waals surface area (Å²) in [5.74, 6) is 0. The van der Waals surface area contributed by atoms with E-state index in [1.807, 2.05) is 24.4 Å². The Balaban J connectivity index is 2.14. The minimum absolute atomic E-state index is 0.0562. The first-order valence-corrected chi connectivity index (χ1v) is 7.78. The summed E-state index contributed by atoms with van der Waals surface area (Å²) in [7, 11) is -3.59. The van der Waals surface area contributed by atoms with Crippen molar-refractivity contribution in [1.29, 1.82) is 5.26 Å². The van der Waals surface area contributed by atoms with Gasteiger partial charge in [0.2, 0.25) is 10.0 Å². The summed E-state index contributed by atoms with van der Waals surface area (Å²) in [6, 6.07) is 6.53. The van der Waals surface area contributed by atoms with E-state index >= 15 is 0 Å². The Labute approximate surface area is 115 Å². The van der Waals surface area contributed by atoms with Crippen molar-refractivity contribution in [2.24, 2.45) is 0 Å². The molecular weight excluding hydrogens is 282 g/mol. The van der Waals surface area contributed by atoms with Crippen molar-refractivity contribution in [3.63, 3.8) is 0 Å². The molecule has 0 unspecified atom stereocenters. The zero-order chi connectivity index (χ0) is 13.9. The lowest BCUT2D eigenvalue weighted by molar-refractivity contribution is 0.581. The number of rotatable bonds is 4. The highest BCUT2D eigenvalue weighted by atomic mass is 32.2. The Kier molecular flexibility index (Phi) is 3.95. The van der Waals surface area contributed by atoms with E-state index in [1.165, 1.54) is 29.7 Å². The number of thiophene rings is 1. The molecule has 0 fully saturated rings. The Morgan fingerprint density at radius 3 is 2.74 bits per heavy atom. The lowest BCUT2D eigenvalue weighted by atomic mass is 10.3. The van der Waals surface area contributed by atoms with Crippen LogP contribution in [-0.2, 0) is 16.6 Å². The maximum Gasteiger partial charge on any atom is 0.242 e. The number of hydrogen-bond donors (Lipinski definition) is 1. The van der Waals surface area contributed by atoms with Crippen LogP contribution in [0.1, 0.15) is 16.1 Å². The number of nitrogens with one attached hydrogen (secondary N) is 1. The van der Waals surface area contributed by atoms with Gasteiger partial charge < -0.3 is 0 Å². The summed E-state index contributed by atoms with van der Waals surface area (Å²) in [4.78, 5) is 4.78. The van der Waals surface area contributed by atoms with Crippen LogP contribution in [-0.4, -0.2) is 13.4 Å². The SMILES string of the molecule is Cc1ccsc1CNS(=O)(=O)c1ccc(C#N)nc1. The average Bonchev–Trinajstić information content (AvgIpc) is 2.82. The summed E-state index contributed by atoms with van der Waals surface area (Å²) in [6.07, 6.45) is 1.18. The van der Waals surface area contributed by atoms with Crippen LogP contribution in [0.15, 0.2) is 34.7 Å². The fraction of sp³-hybridized carbons (Fsp3) is 0.167. The average molecular weight is 293 g/mol. The molecule has 0 aliphatic heterocycles. The van der Waals surface area contributed by atoms with Crippen LogP contribution in [0.4, 0.5) is 0 Å². The molecule has 0 aliphatic rings. The van der Waals surface area contributed by atoms with Crippen molar-refractivity contribution in [2.45, 2.75) is 18.4 Å². The molecule has 0 atom stereocenters. The van der Waals surface area contributed by atoms with Gasteiger partial charge in [0.1, 0.15) is 16.7 Å². The van der Waals surface area contributed by atoms with Crippen LogP contribution in [0, 0.1) is 18.3 Å². The molecule has 0 amide bonds. The first-order chi connectivity index (χ1) is 9.03. The normalized spacial score (nSPS) is 11.2. The molecule has 0 aromatic carbocycles. The van der Waals surface area contributed by atoms with Crippen LogP contribution in [0.25, 0.3) is 0 Å². The van der Waals surface area contributed by atoms with Gasteiger partial charge in [0, 0.05) is 17.6 Å². The van der Waals surface area contributed by atoms with Gasteiger partial charge in [-0.25, -0.2) is 18.1 Å². The number of aromatic nitrogens is 1. The topological polar surface area (TPSA) is 82.9 Å². The molecule has 2 heterocycles. The lowest BCUT2D eigenvalue weighted by Crippen LogP contribution is -2.23. The molecule has 0 aliphatic carbocycles. The van der Waals surface area contributed by atoms with E-state index in [9.17, 15) is 8.42 Å². The Hall–Kier alpha value is -1.75. The fourth-order valence-electron chi connectivity index (χ4n) is 1.43. The molecule has 5 nitrogen and oxygen atoms in total. The van der Waals surface area contributed by atoms with Crippen LogP contribution < -0.4 is 4.72 Å². The summed E-state index contributed by atoms with van der Waals surface area (Å²) in [6.45, 7) is 2.19. The molecule has 0 bridgehead atoms. The van der Waals surface area contributed by atoms with Crippen molar-refractivity contribution < 1.29 is 8.42 Å². The van der Waals surface area contributed by atoms with Gasteiger partial charge in [-0.3, -0.25) is 0 Å². The zero-order valence-corrected chi connectivity index (χ0v) is 11.8. The van der Waals surface area contributed by atoms with Crippen LogP contribution in [0.2, 0.25) is 0 Å². The van der Waals surface area contributed by atoms with Gasteiger partial charge in [-0.05, 0) is 36.1 Å². The first kappa shape index (κ1) is 13.7. The molecule has 0 saturated heterocycles. The van der Waals surface area contributed by atoms with E-state index in [4.69, 9.17) is 5.26 Å². The fourth-order valence-corrected chi connectivity index (χ4v) is 3.31. The molecule has 2 rings (SSSR count). The molecule has 7 heteroatoms. The molecule has 0 radical (unpaired) electrons. The number of pyridine rings is 1. The minimum atomic E-state index is -3.59. The smallest absolute Gasteiger partial charge is 0.242 e. The zero-order valence-electron chi connectivity index (χ0n) is 10.1. The second-order valence-electron chi connectivity index (χ2n) is 3.84. The molecule has 98 valence electrons. The summed E-state index contributed by atoms with van der Waals surface area (Å²) in [5.41, 5.74) is 1.25. The Morgan fingerprint density at radius 2 is 2.21 bits per heavy atom. The molecule has 2 aromatic rings. The molecule has 1 N–H and O–H groups in total. The predicted molar refractivity (Wildman–Crippen MR) is 72.0 cm³/mol. The molecule has 2 aromatic heterocycles. The minimum Gasteiger partial charge on any atom is -0.244 e. The maximum atomic E-state index is 12.0. The molecular formula is C12H11N3O2S2. The number of aryl methyl sites for hydroxylation is 1. The standard InChI is InChI=1S/C12H11N3O2S2/c1-9-4-5-18-12(9)8-15-19(16,17)11-3-2-10(6-13)14-7-11/h2-5,7,15H,8H2,1H3. The van der Waals surface area contributed by atoms with Crippen molar-refractivity contribution >= 4 is 21.4 Å². The lowest BCUT2D eigenvalue weighted by Gasteiger charge is -2.06. The van der Waals surface area contributed by atoms with Gasteiger partial charge >= 0.3 is 0 Å². The van der Waals surface area contributed by atoms with Gasteiger partial charge in [-0.1, -0.05) is 0 Å². The highest BCUT2D eigenvalue weighted by Gasteiger charge is 2.15. The van der Waals surface area contributed by atoms with Crippen LogP contribution in [0.5, 0.6) is 0 Å². The molecule has 0 saturated carbocycles. The monoisotopic (exact) mass is 293 g/mol. The predicted octanol–water partition coefficient (Wildman–Crippen LogP) is 1.80. The quantitative estimate of drug-likeness (QED) is 0.931. The van der Waals surface area contributed by atoms with Gasteiger partial charge in [-0.2, -0.15) is 5.26 Å². The van der Waals surface area contributed by atoms with Crippen molar-refractivity contribution in [3.8, 4) is 6.07 Å². The third-order valence-corrected chi connectivity index (χ3v) is 4.96. The Bertz CT molecular complexity index is 712. The summed E-state index contributed by atoms with van der Waals surface area (Å²) >= 11 is 1.51. The van der Waals surface area contributed by atoms with E-state index in [0.717, 1.165) is 10.4 Å². The second kappa shape index (κ2) is 5.48. The number of nitriles is 1. The first-order valence-electron chi connectivity index (χ1n) is 5.42. The molecule has 19 heavy (non-hydrogen) atoms. The van der Waals surface area contributed by atoms with Gasteiger partial charge in [0.25, 0.3) is 0 Å². The van der Waals surface area contributed by atoms with E-state index in [2.05, 4.69) is 9.71 Å². The van der Waals surface area contributed by atoms with Crippen molar-refractivity contribution in [1.82, 2.24) is 9.71 Å². The Morgan fingerprint density at radius 1 is 1.42 bits per heavy atom. The third kappa shape index (κ3) is 3.17. The van der Waals surface area contributed by atoms with Crippen molar-refractivity contribution in [2.75, 3.05) is 0 Å². The number of nitrogens with zero attached hydrogens (tertiary/aromatic N) is 2. The van der Waals surface area contributed by atoms with Crippen LogP contribution >= 0.6 is 11.3 Å². The van der Waals surface area contributed by atoms with E-state index in [0.29, 0.717) is 0 Å². The van der Waals surface area contributed by atoms with E-state index in [1.54, 1.807) is 0 Å². The number of hydrogen-bond acceptors (Lipinski definition) is 5. The number of sulfonamides is 1. The van der Waals surface area contributed by atoms with Crippen molar-refractivity contribution in [3.05, 3.63) is 45.9 Å². The summed E-state index contributed by atoms with van der Waals surface area (Å²) in [5, 5.41) is 10.5. The largest absolute Gasteiger partial charge is 0.244 e. The van der Waals surface area contributed by atoms with Gasteiger partial charge in [0.05, 0.1) is 0 Å². The third-order valence-electron chi connectivity index (χ3n) is 2.55. The molecule has 0 spiro atoms.